The number of rotatable bonds is 4. The van der Waals surface area contributed by atoms with E-state index in [4.69, 9.17) is 5.73 Å². The van der Waals surface area contributed by atoms with Gasteiger partial charge in [0.15, 0.2) is 0 Å². The lowest BCUT2D eigenvalue weighted by Crippen LogP contribution is -1.97. The predicted octanol–water partition coefficient (Wildman–Crippen LogP) is 2.49. The van der Waals surface area contributed by atoms with E-state index in [0.29, 0.717) is 6.54 Å². The molecule has 1 saturated carbocycles. The first-order valence-electron chi connectivity index (χ1n) is 5.16. The third-order valence-electron chi connectivity index (χ3n) is 2.77. The fourth-order valence-corrected chi connectivity index (χ4v) is 1.69. The Morgan fingerprint density at radius 1 is 1.23 bits per heavy atom. The van der Waals surface area contributed by atoms with Crippen LogP contribution in [0.3, 0.4) is 0 Å². The number of benzene rings is 1. The highest BCUT2D eigenvalue weighted by atomic mass is 14.5. The van der Waals surface area contributed by atoms with Gasteiger partial charge in [-0.05, 0) is 29.9 Å². The summed E-state index contributed by atoms with van der Waals surface area (Å²) in [5.41, 5.74) is 8.30. The molecule has 0 heterocycles. The molecular formula is C12H17N. The largest absolute Gasteiger partial charge is 0.326 e. The number of aryl methyl sites for hydroxylation is 1. The van der Waals surface area contributed by atoms with E-state index >= 15 is 0 Å². The van der Waals surface area contributed by atoms with E-state index in [1.807, 2.05) is 0 Å². The minimum atomic E-state index is 0.664. The highest BCUT2D eigenvalue weighted by molar-refractivity contribution is 5.23. The second kappa shape index (κ2) is 3.93. The first-order valence-corrected chi connectivity index (χ1v) is 5.16. The van der Waals surface area contributed by atoms with Gasteiger partial charge >= 0.3 is 0 Å². The van der Waals surface area contributed by atoms with Crippen LogP contribution in [0.1, 0.15) is 30.4 Å². The number of nitrogens with two attached hydrogens (primary N) is 1. The normalized spacial score (nSPS) is 16.1. The first kappa shape index (κ1) is 8.76. The van der Waals surface area contributed by atoms with Gasteiger partial charge in [0.05, 0.1) is 0 Å². The van der Waals surface area contributed by atoms with E-state index in [1.165, 1.54) is 36.8 Å². The highest BCUT2D eigenvalue weighted by Crippen LogP contribution is 2.33. The monoisotopic (exact) mass is 175 g/mol. The van der Waals surface area contributed by atoms with Crippen LogP contribution in [-0.2, 0) is 13.0 Å². The third-order valence-corrected chi connectivity index (χ3v) is 2.77. The van der Waals surface area contributed by atoms with Crippen LogP contribution in [0, 0.1) is 5.92 Å². The van der Waals surface area contributed by atoms with Crippen molar-refractivity contribution in [3.8, 4) is 0 Å². The molecule has 70 valence electrons. The van der Waals surface area contributed by atoms with Crippen molar-refractivity contribution in [2.75, 3.05) is 0 Å². The van der Waals surface area contributed by atoms with E-state index in [1.54, 1.807) is 0 Å². The summed E-state index contributed by atoms with van der Waals surface area (Å²) in [6.07, 6.45) is 5.51. The van der Waals surface area contributed by atoms with Crippen LogP contribution >= 0.6 is 0 Å². The average Bonchev–Trinajstić information content (AvgIpc) is 2.99. The third kappa shape index (κ3) is 2.56. The molecule has 0 bridgehead atoms. The van der Waals surface area contributed by atoms with Crippen molar-refractivity contribution < 1.29 is 0 Å². The molecule has 0 radical (unpaired) electrons. The lowest BCUT2D eigenvalue weighted by atomic mass is 10.0. The van der Waals surface area contributed by atoms with Crippen LogP contribution < -0.4 is 5.73 Å². The van der Waals surface area contributed by atoms with Crippen LogP contribution in [-0.4, -0.2) is 0 Å². The minimum Gasteiger partial charge on any atom is -0.326 e. The van der Waals surface area contributed by atoms with Gasteiger partial charge in [-0.25, -0.2) is 0 Å². The van der Waals surface area contributed by atoms with Gasteiger partial charge < -0.3 is 5.73 Å². The summed E-state index contributed by atoms with van der Waals surface area (Å²) < 4.78 is 0. The summed E-state index contributed by atoms with van der Waals surface area (Å²) in [4.78, 5) is 0. The molecule has 0 atom stereocenters. The van der Waals surface area contributed by atoms with Gasteiger partial charge in [-0.3, -0.25) is 0 Å². The number of hydrogen-bond donors (Lipinski definition) is 1. The smallest absolute Gasteiger partial charge is 0.0178 e. The topological polar surface area (TPSA) is 26.0 Å². The lowest BCUT2D eigenvalue weighted by Gasteiger charge is -2.02. The van der Waals surface area contributed by atoms with Gasteiger partial charge in [-0.2, -0.15) is 0 Å². The van der Waals surface area contributed by atoms with Crippen LogP contribution in [0.5, 0.6) is 0 Å². The van der Waals surface area contributed by atoms with Gasteiger partial charge in [0.25, 0.3) is 0 Å². The van der Waals surface area contributed by atoms with Crippen LogP contribution in [0.2, 0.25) is 0 Å². The predicted molar refractivity (Wildman–Crippen MR) is 55.4 cm³/mol. The maximum Gasteiger partial charge on any atom is 0.0178 e. The number of hydrogen-bond acceptors (Lipinski definition) is 1. The molecule has 13 heavy (non-hydrogen) atoms. The molecule has 1 nitrogen and oxygen atoms in total. The SMILES string of the molecule is NCc1cccc(CCC2CC2)c1. The maximum absolute atomic E-state index is 5.59. The van der Waals surface area contributed by atoms with Crippen molar-refractivity contribution in [3.63, 3.8) is 0 Å². The van der Waals surface area contributed by atoms with Gasteiger partial charge in [-0.1, -0.05) is 37.1 Å². The molecule has 1 aliphatic carbocycles. The van der Waals surface area contributed by atoms with Crippen molar-refractivity contribution in [2.24, 2.45) is 11.7 Å². The van der Waals surface area contributed by atoms with E-state index < -0.39 is 0 Å². The summed E-state index contributed by atoms with van der Waals surface area (Å²) in [7, 11) is 0. The van der Waals surface area contributed by atoms with E-state index in [9.17, 15) is 0 Å². The zero-order chi connectivity index (χ0) is 9.10. The molecule has 1 heteroatoms. The Morgan fingerprint density at radius 2 is 2.00 bits per heavy atom. The highest BCUT2D eigenvalue weighted by Gasteiger charge is 2.20. The van der Waals surface area contributed by atoms with Crippen molar-refractivity contribution in [2.45, 2.75) is 32.2 Å². The fourth-order valence-electron chi connectivity index (χ4n) is 1.69. The average molecular weight is 175 g/mol. The molecule has 0 aliphatic heterocycles. The molecule has 0 unspecified atom stereocenters. The molecule has 0 aromatic heterocycles. The van der Waals surface area contributed by atoms with Gasteiger partial charge in [0.1, 0.15) is 0 Å². The van der Waals surface area contributed by atoms with Gasteiger partial charge in [-0.15, -0.1) is 0 Å². The van der Waals surface area contributed by atoms with Crippen LogP contribution in [0.15, 0.2) is 24.3 Å². The van der Waals surface area contributed by atoms with Crippen molar-refractivity contribution in [1.29, 1.82) is 0 Å². The second-order valence-corrected chi connectivity index (χ2v) is 4.01. The summed E-state index contributed by atoms with van der Waals surface area (Å²) in [5, 5.41) is 0. The molecule has 0 spiro atoms. The van der Waals surface area contributed by atoms with Gasteiger partial charge in [0, 0.05) is 6.54 Å². The lowest BCUT2D eigenvalue weighted by molar-refractivity contribution is 0.726. The minimum absolute atomic E-state index is 0.664. The molecule has 2 N–H and O–H groups in total. The summed E-state index contributed by atoms with van der Waals surface area (Å²) in [5.74, 6) is 1.03. The van der Waals surface area contributed by atoms with Crippen LogP contribution in [0.25, 0.3) is 0 Å². The Labute approximate surface area is 80.0 Å². The summed E-state index contributed by atoms with van der Waals surface area (Å²) >= 11 is 0. The Bertz CT molecular complexity index is 276. The van der Waals surface area contributed by atoms with Crippen molar-refractivity contribution in [1.82, 2.24) is 0 Å². The van der Waals surface area contributed by atoms with E-state index in [2.05, 4.69) is 24.3 Å². The zero-order valence-corrected chi connectivity index (χ0v) is 8.00. The molecule has 1 fully saturated rings. The molecule has 2 rings (SSSR count). The molecular weight excluding hydrogens is 158 g/mol. The van der Waals surface area contributed by atoms with Crippen molar-refractivity contribution >= 4 is 0 Å². The van der Waals surface area contributed by atoms with Crippen molar-refractivity contribution in [3.05, 3.63) is 35.4 Å². The quantitative estimate of drug-likeness (QED) is 0.747. The van der Waals surface area contributed by atoms with Crippen LogP contribution in [0.4, 0.5) is 0 Å². The standard InChI is InChI=1S/C12H17N/c13-9-12-3-1-2-11(8-12)7-6-10-4-5-10/h1-3,8,10H,4-7,9,13H2. The van der Waals surface area contributed by atoms with E-state index in [0.717, 1.165) is 5.92 Å². The summed E-state index contributed by atoms with van der Waals surface area (Å²) in [6, 6.07) is 8.66. The fraction of sp³-hybridized carbons (Fsp3) is 0.500. The van der Waals surface area contributed by atoms with Gasteiger partial charge in [0.2, 0.25) is 0 Å². The Hall–Kier alpha value is -0.820. The molecule has 1 aromatic rings. The Kier molecular flexibility index (Phi) is 2.65. The maximum atomic E-state index is 5.59. The molecule has 1 aliphatic rings. The molecule has 1 aromatic carbocycles. The molecule has 0 saturated heterocycles. The Morgan fingerprint density at radius 3 is 2.69 bits per heavy atom. The Balaban J connectivity index is 1.93. The first-order chi connectivity index (χ1) is 6.38. The second-order valence-electron chi connectivity index (χ2n) is 4.01. The van der Waals surface area contributed by atoms with E-state index in [-0.39, 0.29) is 0 Å². The molecule has 0 amide bonds. The zero-order valence-electron chi connectivity index (χ0n) is 8.00. The summed E-state index contributed by atoms with van der Waals surface area (Å²) in [6.45, 7) is 0.664.